The van der Waals surface area contributed by atoms with Crippen molar-refractivity contribution in [2.24, 2.45) is 5.92 Å². The number of nitrogen functional groups attached to an aromatic ring is 1. The van der Waals surface area contributed by atoms with E-state index in [9.17, 15) is 4.79 Å². The second-order valence-electron chi connectivity index (χ2n) is 10.9. The first kappa shape index (κ1) is 27.0. The number of ether oxygens (including phenoxy) is 1. The summed E-state index contributed by atoms with van der Waals surface area (Å²) in [5.74, 6) is 0.489. The largest absolute Gasteiger partial charge is 0.466 e. The first-order chi connectivity index (χ1) is 20.1. The van der Waals surface area contributed by atoms with Crippen molar-refractivity contribution in [3.8, 4) is 11.1 Å². The summed E-state index contributed by atoms with van der Waals surface area (Å²) in [6, 6.07) is 18.9. The van der Waals surface area contributed by atoms with Gasteiger partial charge < -0.3 is 15.4 Å². The lowest BCUT2D eigenvalue weighted by Gasteiger charge is -2.30. The van der Waals surface area contributed by atoms with Crippen LogP contribution in [-0.4, -0.2) is 61.5 Å². The molecule has 0 atom stereocenters. The van der Waals surface area contributed by atoms with Gasteiger partial charge in [0, 0.05) is 22.8 Å². The predicted octanol–water partition coefficient (Wildman–Crippen LogP) is 4.97. The summed E-state index contributed by atoms with van der Waals surface area (Å²) in [5.41, 5.74) is 12.6. The Labute approximate surface area is 239 Å². The first-order valence-electron chi connectivity index (χ1n) is 14.6. The van der Waals surface area contributed by atoms with Crippen LogP contribution in [0.15, 0.2) is 67.1 Å². The Morgan fingerprint density at radius 2 is 1.90 bits per heavy atom. The molecular formula is C32H37N7O2. The van der Waals surface area contributed by atoms with Crippen molar-refractivity contribution in [2.75, 3.05) is 32.0 Å². The van der Waals surface area contributed by atoms with Crippen LogP contribution in [0.3, 0.4) is 0 Å². The van der Waals surface area contributed by atoms with Crippen molar-refractivity contribution in [2.45, 2.75) is 45.6 Å². The number of nitrogens with two attached hydrogens (primary N) is 1. The monoisotopic (exact) mass is 551 g/mol. The van der Waals surface area contributed by atoms with Crippen molar-refractivity contribution >= 4 is 28.2 Å². The molecule has 5 aromatic rings. The fourth-order valence-electron chi connectivity index (χ4n) is 5.91. The molecule has 0 amide bonds. The molecule has 9 heteroatoms. The number of carbonyl (C=O) groups excluding carboxylic acids is 1. The predicted molar refractivity (Wildman–Crippen MR) is 160 cm³/mol. The molecule has 9 nitrogen and oxygen atoms in total. The minimum atomic E-state index is -0.0380. The van der Waals surface area contributed by atoms with Gasteiger partial charge in [-0.3, -0.25) is 9.48 Å². The number of unbranched alkanes of at least 4 members (excludes halogenated alkanes) is 1. The topological polar surface area (TPSA) is 104 Å². The number of nitrogens with zero attached hydrogens (tertiary/aromatic N) is 6. The summed E-state index contributed by atoms with van der Waals surface area (Å²) in [6.07, 6.45) is 8.40. The third-order valence-electron chi connectivity index (χ3n) is 8.07. The number of likely N-dealkylation sites (tertiary alicyclic amines) is 1. The number of piperidine rings is 1. The standard InChI is InChI=1S/C32H37N7O2/c1-2-41-32(40)24-13-16-37(17-14-24)15-7-6-10-27-19-28(30-31(33)34-22-35-39(27)30)25-11-12-26-21-38(36-29(26)18-25)20-23-8-4-3-5-9-23/h3-5,8-9,11-12,18-19,21-22,24H,2,6-7,10,13-17,20H2,1H3,(H2,33,34,35). The molecule has 212 valence electrons. The third kappa shape index (κ3) is 5.95. The molecule has 2 N–H and O–H groups in total. The van der Waals surface area contributed by atoms with E-state index in [1.165, 1.54) is 11.9 Å². The van der Waals surface area contributed by atoms with E-state index in [4.69, 9.17) is 15.6 Å². The molecule has 0 bridgehead atoms. The molecular weight excluding hydrogens is 514 g/mol. The molecule has 1 aliphatic rings. The molecule has 0 aliphatic carbocycles. The second-order valence-corrected chi connectivity index (χ2v) is 10.9. The summed E-state index contributed by atoms with van der Waals surface area (Å²) in [4.78, 5) is 18.8. The lowest BCUT2D eigenvalue weighted by Crippen LogP contribution is -2.37. The number of hydrogen-bond donors (Lipinski definition) is 1. The van der Waals surface area contributed by atoms with Crippen molar-refractivity contribution in [3.05, 3.63) is 78.4 Å². The van der Waals surface area contributed by atoms with Gasteiger partial charge >= 0.3 is 5.97 Å². The van der Waals surface area contributed by atoms with Gasteiger partial charge in [-0.05, 0) is 81.9 Å². The van der Waals surface area contributed by atoms with Gasteiger partial charge in [-0.15, -0.1) is 0 Å². The molecule has 0 unspecified atom stereocenters. The highest BCUT2D eigenvalue weighted by molar-refractivity contribution is 5.92. The maximum absolute atomic E-state index is 12.0. The minimum Gasteiger partial charge on any atom is -0.466 e. The average Bonchev–Trinajstić information content (AvgIpc) is 3.57. The molecule has 1 fully saturated rings. The third-order valence-corrected chi connectivity index (χ3v) is 8.07. The molecule has 0 radical (unpaired) electrons. The van der Waals surface area contributed by atoms with E-state index in [0.29, 0.717) is 12.4 Å². The Morgan fingerprint density at radius 1 is 1.07 bits per heavy atom. The highest BCUT2D eigenvalue weighted by Crippen LogP contribution is 2.32. The van der Waals surface area contributed by atoms with Gasteiger partial charge in [0.1, 0.15) is 11.8 Å². The van der Waals surface area contributed by atoms with Gasteiger partial charge in [0.15, 0.2) is 5.82 Å². The van der Waals surface area contributed by atoms with Crippen LogP contribution in [0, 0.1) is 5.92 Å². The van der Waals surface area contributed by atoms with E-state index >= 15 is 0 Å². The van der Waals surface area contributed by atoms with Crippen LogP contribution in [0.2, 0.25) is 0 Å². The van der Waals surface area contributed by atoms with Gasteiger partial charge in [0.25, 0.3) is 0 Å². The number of aromatic nitrogens is 5. The van der Waals surface area contributed by atoms with Crippen molar-refractivity contribution < 1.29 is 9.53 Å². The number of carbonyl (C=O) groups is 1. The van der Waals surface area contributed by atoms with E-state index in [2.05, 4.69) is 69.7 Å². The number of fused-ring (bicyclic) bond motifs is 2. The van der Waals surface area contributed by atoms with Gasteiger partial charge in [-0.1, -0.05) is 42.5 Å². The van der Waals surface area contributed by atoms with Gasteiger partial charge in [0.05, 0.1) is 24.6 Å². The summed E-state index contributed by atoms with van der Waals surface area (Å²) in [6.45, 7) is 5.99. The number of aryl methyl sites for hydroxylation is 1. The van der Waals surface area contributed by atoms with E-state index in [1.807, 2.05) is 22.2 Å². The second kappa shape index (κ2) is 12.1. The SMILES string of the molecule is CCOC(=O)C1CCN(CCCCc2cc(-c3ccc4cn(Cc5ccccc5)nc4c3)c3c(N)ncnn23)CC1. The summed E-state index contributed by atoms with van der Waals surface area (Å²) >= 11 is 0. The summed E-state index contributed by atoms with van der Waals surface area (Å²) in [7, 11) is 0. The first-order valence-corrected chi connectivity index (χ1v) is 14.6. The highest BCUT2D eigenvalue weighted by Gasteiger charge is 2.25. The normalized spacial score (nSPS) is 14.7. The number of rotatable bonds is 10. The minimum absolute atomic E-state index is 0.0380. The fourth-order valence-corrected chi connectivity index (χ4v) is 5.91. The Bertz CT molecular complexity index is 1630. The number of benzene rings is 2. The molecule has 4 heterocycles. The van der Waals surface area contributed by atoms with Crippen LogP contribution in [0.4, 0.5) is 5.82 Å². The Balaban J connectivity index is 1.14. The fraction of sp³-hybridized carbons (Fsp3) is 0.375. The lowest BCUT2D eigenvalue weighted by molar-refractivity contribution is -0.149. The summed E-state index contributed by atoms with van der Waals surface area (Å²) in [5, 5.41) is 10.5. The van der Waals surface area contributed by atoms with Crippen LogP contribution >= 0.6 is 0 Å². The number of hydrogen-bond acceptors (Lipinski definition) is 7. The van der Waals surface area contributed by atoms with Crippen molar-refractivity contribution in [3.63, 3.8) is 0 Å². The summed E-state index contributed by atoms with van der Waals surface area (Å²) < 4.78 is 9.14. The van der Waals surface area contributed by atoms with Crippen LogP contribution < -0.4 is 5.73 Å². The van der Waals surface area contributed by atoms with Gasteiger partial charge in [0.2, 0.25) is 0 Å². The zero-order valence-corrected chi connectivity index (χ0v) is 23.6. The number of anilines is 1. The smallest absolute Gasteiger partial charge is 0.309 e. The van der Waals surface area contributed by atoms with Crippen LogP contribution in [0.25, 0.3) is 27.5 Å². The van der Waals surface area contributed by atoms with Crippen molar-refractivity contribution in [1.82, 2.24) is 29.3 Å². The van der Waals surface area contributed by atoms with Crippen LogP contribution in [0.5, 0.6) is 0 Å². The Morgan fingerprint density at radius 3 is 2.71 bits per heavy atom. The zero-order chi connectivity index (χ0) is 28.2. The van der Waals surface area contributed by atoms with E-state index in [0.717, 1.165) is 91.5 Å². The molecule has 6 rings (SSSR count). The molecule has 1 aliphatic heterocycles. The van der Waals surface area contributed by atoms with E-state index in [-0.39, 0.29) is 11.9 Å². The zero-order valence-electron chi connectivity index (χ0n) is 23.6. The highest BCUT2D eigenvalue weighted by atomic mass is 16.5. The van der Waals surface area contributed by atoms with E-state index in [1.54, 1.807) is 0 Å². The van der Waals surface area contributed by atoms with Gasteiger partial charge in [-0.25, -0.2) is 9.50 Å². The van der Waals surface area contributed by atoms with Crippen LogP contribution in [0.1, 0.15) is 43.9 Å². The molecule has 0 saturated carbocycles. The maximum atomic E-state index is 12.0. The lowest BCUT2D eigenvalue weighted by atomic mass is 9.97. The van der Waals surface area contributed by atoms with Crippen molar-refractivity contribution in [1.29, 1.82) is 0 Å². The quantitative estimate of drug-likeness (QED) is 0.193. The molecule has 3 aromatic heterocycles. The molecule has 1 saturated heterocycles. The van der Waals surface area contributed by atoms with E-state index < -0.39 is 0 Å². The number of esters is 1. The maximum Gasteiger partial charge on any atom is 0.309 e. The Kier molecular flexibility index (Phi) is 7.95. The molecule has 41 heavy (non-hydrogen) atoms. The van der Waals surface area contributed by atoms with Gasteiger partial charge in [-0.2, -0.15) is 10.2 Å². The van der Waals surface area contributed by atoms with Crippen LogP contribution in [-0.2, 0) is 22.5 Å². The molecule has 0 spiro atoms. The average molecular weight is 552 g/mol. The molecule has 2 aromatic carbocycles. The Hall–Kier alpha value is -4.24.